The molecule has 29 heavy (non-hydrogen) atoms. The average molecular weight is 413 g/mol. The number of nitrogens with zero attached hydrogens (tertiary/aromatic N) is 5. The van der Waals surface area contributed by atoms with Crippen LogP contribution in [0.4, 0.5) is 17.6 Å². The van der Waals surface area contributed by atoms with Gasteiger partial charge in [0.05, 0.1) is 18.5 Å². The van der Waals surface area contributed by atoms with Crippen molar-refractivity contribution in [3.8, 4) is 17.1 Å². The number of fused-ring (bicyclic) bond motifs is 1. The van der Waals surface area contributed by atoms with E-state index in [0.717, 1.165) is 11.3 Å². The van der Waals surface area contributed by atoms with Crippen molar-refractivity contribution in [3.05, 3.63) is 36.5 Å². The van der Waals surface area contributed by atoms with Crippen molar-refractivity contribution in [2.24, 2.45) is 0 Å². The second-order valence-electron chi connectivity index (χ2n) is 6.33. The molecule has 0 aliphatic carbocycles. The van der Waals surface area contributed by atoms with Crippen molar-refractivity contribution < 1.29 is 27.0 Å². The highest BCUT2D eigenvalue weighted by Gasteiger charge is 2.38. The highest BCUT2D eigenvalue weighted by molar-refractivity contribution is 5.59. The normalized spacial score (nSPS) is 13.6. The monoisotopic (exact) mass is 413 g/mol. The van der Waals surface area contributed by atoms with Gasteiger partial charge in [0.2, 0.25) is 11.7 Å². The molecule has 0 spiro atoms. The van der Waals surface area contributed by atoms with Crippen LogP contribution in [0.15, 0.2) is 30.7 Å². The molecule has 7 nitrogen and oxygen atoms in total. The smallest absolute Gasteiger partial charge is 0.418 e. The molecular formula is C18H19F4N5O2. The molecule has 0 aliphatic heterocycles. The first kappa shape index (κ1) is 20.9. The minimum Gasteiger partial charge on any atom is -0.468 e. The minimum absolute atomic E-state index is 0.0241. The van der Waals surface area contributed by atoms with Crippen LogP contribution in [0.5, 0.6) is 5.88 Å². The minimum atomic E-state index is -3.62. The molecule has 1 atom stereocenters. The molecule has 0 radical (unpaired) electrons. The van der Waals surface area contributed by atoms with Gasteiger partial charge in [-0.25, -0.2) is 13.8 Å². The van der Waals surface area contributed by atoms with E-state index in [1.807, 2.05) is 0 Å². The van der Waals surface area contributed by atoms with Crippen molar-refractivity contribution in [3.63, 3.8) is 0 Å². The average Bonchev–Trinajstić information content (AvgIpc) is 3.09. The molecule has 0 unspecified atom stereocenters. The number of hydrogen-bond donors (Lipinski definition) is 0. The van der Waals surface area contributed by atoms with Crippen LogP contribution in [-0.2, 0) is 10.8 Å². The van der Waals surface area contributed by atoms with Crippen molar-refractivity contribution in [1.29, 1.82) is 0 Å². The van der Waals surface area contributed by atoms with E-state index in [-0.39, 0.29) is 24.6 Å². The maximum Gasteiger partial charge on any atom is 0.418 e. The zero-order chi connectivity index (χ0) is 21.2. The molecule has 11 heteroatoms. The van der Waals surface area contributed by atoms with Crippen LogP contribution < -0.4 is 4.74 Å². The number of alkyl halides is 4. The Kier molecular flexibility index (Phi) is 5.69. The Morgan fingerprint density at radius 1 is 1.07 bits per heavy atom. The lowest BCUT2D eigenvalue weighted by Crippen LogP contribution is -2.35. The van der Waals surface area contributed by atoms with Crippen LogP contribution in [0.3, 0.4) is 0 Å². The van der Waals surface area contributed by atoms with Crippen molar-refractivity contribution in [2.75, 3.05) is 6.61 Å². The van der Waals surface area contributed by atoms with Crippen LogP contribution in [0.2, 0.25) is 0 Å². The maximum atomic E-state index is 14.1. The van der Waals surface area contributed by atoms with E-state index >= 15 is 0 Å². The van der Waals surface area contributed by atoms with E-state index in [0.29, 0.717) is 11.3 Å². The standard InChI is InChI=1S/C18H19F4N5O2/c1-4-13(17(3,19)20)29-15-7-6-11(8-24-15)12-10-27-14(9-23-12)25-26-16(27)18(21,22)28-5-2/h6-10,13H,4-5H2,1-3H3/t13-/m1/s1. The van der Waals surface area contributed by atoms with Gasteiger partial charge in [0.1, 0.15) is 0 Å². The van der Waals surface area contributed by atoms with E-state index in [1.165, 1.54) is 31.6 Å². The SMILES string of the molecule is CCOC(F)(F)c1nnc2cnc(-c3ccc(O[C@H](CC)C(C)(F)F)nc3)cn12. The Labute approximate surface area is 163 Å². The molecule has 3 aromatic heterocycles. The fourth-order valence-corrected chi connectivity index (χ4v) is 2.69. The lowest BCUT2D eigenvalue weighted by Gasteiger charge is -2.22. The summed E-state index contributed by atoms with van der Waals surface area (Å²) in [6.45, 7) is 3.60. The quantitative estimate of drug-likeness (QED) is 0.518. The molecule has 0 bridgehead atoms. The molecule has 3 aromatic rings. The Balaban J connectivity index is 1.89. The summed E-state index contributed by atoms with van der Waals surface area (Å²) in [5.74, 6) is -3.67. The zero-order valence-electron chi connectivity index (χ0n) is 15.9. The fraction of sp³-hybridized carbons (Fsp3) is 0.444. The first-order valence-corrected chi connectivity index (χ1v) is 8.89. The second-order valence-corrected chi connectivity index (χ2v) is 6.33. The van der Waals surface area contributed by atoms with E-state index in [4.69, 9.17) is 4.74 Å². The van der Waals surface area contributed by atoms with Crippen LogP contribution in [0.25, 0.3) is 16.9 Å². The molecule has 0 saturated heterocycles. The summed E-state index contributed by atoms with van der Waals surface area (Å²) in [6.07, 6.45) is -0.864. The Hall–Kier alpha value is -2.82. The van der Waals surface area contributed by atoms with E-state index in [9.17, 15) is 17.6 Å². The molecule has 0 N–H and O–H groups in total. The number of aromatic nitrogens is 5. The molecule has 0 saturated carbocycles. The van der Waals surface area contributed by atoms with Gasteiger partial charge in [-0.15, -0.1) is 10.2 Å². The Morgan fingerprint density at radius 2 is 1.83 bits per heavy atom. The van der Waals surface area contributed by atoms with Gasteiger partial charge in [-0.2, -0.15) is 8.78 Å². The second kappa shape index (κ2) is 7.90. The third-order valence-electron chi connectivity index (χ3n) is 4.11. The topological polar surface area (TPSA) is 74.4 Å². The Morgan fingerprint density at radius 3 is 2.41 bits per heavy atom. The van der Waals surface area contributed by atoms with E-state index in [2.05, 4.69) is 24.9 Å². The van der Waals surface area contributed by atoms with Gasteiger partial charge in [0.15, 0.2) is 11.8 Å². The van der Waals surface area contributed by atoms with Crippen molar-refractivity contribution in [1.82, 2.24) is 24.6 Å². The summed E-state index contributed by atoms with van der Waals surface area (Å²) >= 11 is 0. The van der Waals surface area contributed by atoms with Crippen LogP contribution in [-0.4, -0.2) is 43.2 Å². The number of rotatable bonds is 8. The van der Waals surface area contributed by atoms with Gasteiger partial charge < -0.3 is 9.47 Å². The summed E-state index contributed by atoms with van der Waals surface area (Å²) < 4.78 is 65.9. The molecule has 0 amide bonds. The lowest BCUT2D eigenvalue weighted by atomic mass is 10.1. The largest absolute Gasteiger partial charge is 0.468 e. The van der Waals surface area contributed by atoms with Crippen LogP contribution in [0, 0.1) is 0 Å². The van der Waals surface area contributed by atoms with Gasteiger partial charge in [-0.05, 0) is 19.4 Å². The van der Waals surface area contributed by atoms with Gasteiger partial charge in [-0.3, -0.25) is 9.38 Å². The van der Waals surface area contributed by atoms with Gasteiger partial charge in [-0.1, -0.05) is 6.92 Å². The predicted molar refractivity (Wildman–Crippen MR) is 94.9 cm³/mol. The van der Waals surface area contributed by atoms with Gasteiger partial charge in [0.25, 0.3) is 5.92 Å². The van der Waals surface area contributed by atoms with E-state index in [1.54, 1.807) is 13.0 Å². The highest BCUT2D eigenvalue weighted by atomic mass is 19.3. The highest BCUT2D eigenvalue weighted by Crippen LogP contribution is 2.29. The predicted octanol–water partition coefficient (Wildman–Crippen LogP) is 4.08. The molecular weight excluding hydrogens is 394 g/mol. The van der Waals surface area contributed by atoms with Crippen molar-refractivity contribution in [2.45, 2.75) is 45.3 Å². The molecule has 0 aromatic carbocycles. The van der Waals surface area contributed by atoms with Crippen LogP contribution >= 0.6 is 0 Å². The summed E-state index contributed by atoms with van der Waals surface area (Å²) in [4.78, 5) is 8.17. The summed E-state index contributed by atoms with van der Waals surface area (Å²) in [7, 11) is 0. The first-order chi connectivity index (χ1) is 13.7. The molecule has 156 valence electrons. The molecule has 3 rings (SSSR count). The van der Waals surface area contributed by atoms with Gasteiger partial charge in [0, 0.05) is 30.9 Å². The van der Waals surface area contributed by atoms with Gasteiger partial charge >= 0.3 is 6.11 Å². The summed E-state index contributed by atoms with van der Waals surface area (Å²) in [5.41, 5.74) is 0.889. The fourth-order valence-electron chi connectivity index (χ4n) is 2.69. The third kappa shape index (κ3) is 4.44. The van der Waals surface area contributed by atoms with Crippen molar-refractivity contribution >= 4 is 5.65 Å². The molecule has 0 aliphatic rings. The maximum absolute atomic E-state index is 14.1. The third-order valence-corrected chi connectivity index (χ3v) is 4.11. The van der Waals surface area contributed by atoms with E-state index < -0.39 is 24.0 Å². The Bertz CT molecular complexity index is 973. The number of pyridine rings is 1. The van der Waals surface area contributed by atoms with Crippen LogP contribution in [0.1, 0.15) is 33.0 Å². The summed E-state index contributed by atoms with van der Waals surface area (Å²) in [5, 5.41) is 7.16. The first-order valence-electron chi connectivity index (χ1n) is 8.89. The number of ether oxygens (including phenoxy) is 2. The number of halogens is 4. The molecule has 3 heterocycles. The summed E-state index contributed by atoms with van der Waals surface area (Å²) in [6, 6.07) is 2.96. The zero-order valence-corrected chi connectivity index (χ0v) is 15.9. The number of hydrogen-bond acceptors (Lipinski definition) is 6. The lowest BCUT2D eigenvalue weighted by molar-refractivity contribution is -0.251. The molecule has 0 fully saturated rings.